The topological polar surface area (TPSA) is 46.4 Å². The van der Waals surface area contributed by atoms with Crippen LogP contribution in [0.4, 0.5) is 15.8 Å². The SMILES string of the molecule is O=[N+]([O-])c1cc(F)ccc1N1CCCC2(CC2)C1. The molecular formula is C13H15FN2O2. The minimum atomic E-state index is -0.552. The first-order valence-electron chi connectivity index (χ1n) is 6.29. The van der Waals surface area contributed by atoms with Crippen molar-refractivity contribution in [1.29, 1.82) is 0 Å². The Morgan fingerprint density at radius 1 is 1.33 bits per heavy atom. The van der Waals surface area contributed by atoms with Gasteiger partial charge in [-0.3, -0.25) is 10.1 Å². The van der Waals surface area contributed by atoms with Crippen molar-refractivity contribution in [3.8, 4) is 0 Å². The number of anilines is 1. The van der Waals surface area contributed by atoms with Crippen LogP contribution in [0.25, 0.3) is 0 Å². The molecule has 5 heteroatoms. The molecule has 1 aromatic carbocycles. The zero-order valence-electron chi connectivity index (χ0n) is 10.1. The minimum Gasteiger partial charge on any atom is -0.365 e. The van der Waals surface area contributed by atoms with E-state index in [0.29, 0.717) is 11.1 Å². The lowest BCUT2D eigenvalue weighted by Crippen LogP contribution is -2.36. The Morgan fingerprint density at radius 2 is 2.11 bits per heavy atom. The van der Waals surface area contributed by atoms with Crippen molar-refractivity contribution >= 4 is 11.4 Å². The molecule has 1 saturated carbocycles. The fourth-order valence-electron chi connectivity index (χ4n) is 2.91. The maximum Gasteiger partial charge on any atom is 0.295 e. The van der Waals surface area contributed by atoms with E-state index in [0.717, 1.165) is 25.6 Å². The van der Waals surface area contributed by atoms with E-state index in [1.54, 1.807) is 0 Å². The summed E-state index contributed by atoms with van der Waals surface area (Å²) in [5.41, 5.74) is 0.834. The van der Waals surface area contributed by atoms with E-state index in [-0.39, 0.29) is 5.69 Å². The molecule has 0 unspecified atom stereocenters. The van der Waals surface area contributed by atoms with Gasteiger partial charge in [0.25, 0.3) is 5.69 Å². The van der Waals surface area contributed by atoms with E-state index < -0.39 is 10.7 Å². The molecule has 0 N–H and O–H groups in total. The summed E-state index contributed by atoms with van der Waals surface area (Å²) >= 11 is 0. The molecule has 0 amide bonds. The molecule has 1 aromatic rings. The number of nitro benzene ring substituents is 1. The van der Waals surface area contributed by atoms with Crippen LogP contribution in [0.1, 0.15) is 25.7 Å². The van der Waals surface area contributed by atoms with Gasteiger partial charge in [0.2, 0.25) is 0 Å². The third-order valence-corrected chi connectivity index (χ3v) is 4.09. The first-order chi connectivity index (χ1) is 8.60. The van der Waals surface area contributed by atoms with E-state index in [1.165, 1.54) is 31.4 Å². The van der Waals surface area contributed by atoms with Crippen LogP contribution in [0.2, 0.25) is 0 Å². The molecule has 3 rings (SSSR count). The highest BCUT2D eigenvalue weighted by Gasteiger charge is 2.46. The number of hydrogen-bond donors (Lipinski definition) is 0. The molecular weight excluding hydrogens is 235 g/mol. The highest BCUT2D eigenvalue weighted by Crippen LogP contribution is 2.53. The number of nitrogens with zero attached hydrogens (tertiary/aromatic N) is 2. The monoisotopic (exact) mass is 250 g/mol. The average Bonchev–Trinajstić information content (AvgIpc) is 3.08. The largest absolute Gasteiger partial charge is 0.365 e. The third kappa shape index (κ3) is 1.94. The fraction of sp³-hybridized carbons (Fsp3) is 0.538. The van der Waals surface area contributed by atoms with Gasteiger partial charge in [-0.25, -0.2) is 4.39 Å². The minimum absolute atomic E-state index is 0.118. The Labute approximate surface area is 105 Å². The van der Waals surface area contributed by atoms with Crippen molar-refractivity contribution in [2.24, 2.45) is 5.41 Å². The van der Waals surface area contributed by atoms with E-state index in [2.05, 4.69) is 0 Å². The number of nitro groups is 1. The molecule has 1 heterocycles. The van der Waals surface area contributed by atoms with Gasteiger partial charge in [0.1, 0.15) is 11.5 Å². The van der Waals surface area contributed by atoms with E-state index >= 15 is 0 Å². The second-order valence-corrected chi connectivity index (χ2v) is 5.42. The molecule has 1 aliphatic heterocycles. The molecule has 4 nitrogen and oxygen atoms in total. The second kappa shape index (κ2) is 3.93. The van der Waals surface area contributed by atoms with Crippen molar-refractivity contribution in [2.45, 2.75) is 25.7 Å². The lowest BCUT2D eigenvalue weighted by molar-refractivity contribution is -0.384. The Bertz CT molecular complexity index is 500. The molecule has 1 saturated heterocycles. The van der Waals surface area contributed by atoms with Crippen LogP contribution >= 0.6 is 0 Å². The van der Waals surface area contributed by atoms with E-state index in [9.17, 15) is 14.5 Å². The fourth-order valence-corrected chi connectivity index (χ4v) is 2.91. The molecule has 0 aromatic heterocycles. The number of halogens is 1. The highest BCUT2D eigenvalue weighted by atomic mass is 19.1. The van der Waals surface area contributed by atoms with Gasteiger partial charge in [-0.15, -0.1) is 0 Å². The Morgan fingerprint density at radius 3 is 2.78 bits per heavy atom. The van der Waals surface area contributed by atoms with Gasteiger partial charge in [-0.1, -0.05) is 0 Å². The summed E-state index contributed by atoms with van der Waals surface area (Å²) in [6.07, 6.45) is 4.73. The van der Waals surface area contributed by atoms with Crippen molar-refractivity contribution < 1.29 is 9.31 Å². The Hall–Kier alpha value is -1.65. The molecule has 1 aliphatic carbocycles. The van der Waals surface area contributed by atoms with Gasteiger partial charge >= 0.3 is 0 Å². The maximum atomic E-state index is 13.1. The molecule has 18 heavy (non-hydrogen) atoms. The van der Waals surface area contributed by atoms with E-state index in [1.807, 2.05) is 4.90 Å². The first kappa shape index (κ1) is 11.4. The summed E-state index contributed by atoms with van der Waals surface area (Å²) in [5, 5.41) is 11.0. The predicted octanol–water partition coefficient (Wildman–Crippen LogP) is 3.11. The zero-order valence-corrected chi connectivity index (χ0v) is 10.1. The third-order valence-electron chi connectivity index (χ3n) is 4.09. The molecule has 0 atom stereocenters. The Balaban J connectivity index is 1.93. The van der Waals surface area contributed by atoms with Crippen LogP contribution < -0.4 is 4.90 Å². The summed E-state index contributed by atoms with van der Waals surface area (Å²) < 4.78 is 13.1. The Kier molecular flexibility index (Phi) is 2.50. The van der Waals surface area contributed by atoms with Crippen LogP contribution in [0.15, 0.2) is 18.2 Å². The molecule has 2 aliphatic rings. The molecule has 0 bridgehead atoms. The smallest absolute Gasteiger partial charge is 0.295 e. The zero-order chi connectivity index (χ0) is 12.8. The second-order valence-electron chi connectivity index (χ2n) is 5.42. The molecule has 0 radical (unpaired) electrons. The summed E-state index contributed by atoms with van der Waals surface area (Å²) in [6, 6.07) is 3.86. The van der Waals surface area contributed by atoms with Crippen LogP contribution in [-0.4, -0.2) is 18.0 Å². The molecule has 2 fully saturated rings. The van der Waals surface area contributed by atoms with Crippen LogP contribution in [-0.2, 0) is 0 Å². The summed E-state index contributed by atoms with van der Waals surface area (Å²) in [5.74, 6) is -0.552. The number of piperidine rings is 1. The van der Waals surface area contributed by atoms with Gasteiger partial charge in [0.05, 0.1) is 11.0 Å². The standard InChI is InChI=1S/C13H15FN2O2/c14-10-2-3-11(12(8-10)16(17)18)15-7-1-4-13(9-15)5-6-13/h2-3,8H,1,4-7,9H2. The quantitative estimate of drug-likeness (QED) is 0.598. The summed E-state index contributed by atoms with van der Waals surface area (Å²) in [7, 11) is 0. The van der Waals surface area contributed by atoms with Crippen molar-refractivity contribution in [1.82, 2.24) is 0 Å². The maximum absolute atomic E-state index is 13.1. The highest BCUT2D eigenvalue weighted by molar-refractivity contribution is 5.63. The van der Waals surface area contributed by atoms with Gasteiger partial charge in [0.15, 0.2) is 0 Å². The van der Waals surface area contributed by atoms with Gasteiger partial charge < -0.3 is 4.90 Å². The number of benzene rings is 1. The summed E-state index contributed by atoms with van der Waals surface area (Å²) in [6.45, 7) is 1.70. The van der Waals surface area contributed by atoms with Gasteiger partial charge in [-0.05, 0) is 43.2 Å². The van der Waals surface area contributed by atoms with Gasteiger partial charge in [-0.2, -0.15) is 0 Å². The number of hydrogen-bond acceptors (Lipinski definition) is 3. The predicted molar refractivity (Wildman–Crippen MR) is 66.2 cm³/mol. The lowest BCUT2D eigenvalue weighted by Gasteiger charge is -2.34. The van der Waals surface area contributed by atoms with Crippen LogP contribution in [0.3, 0.4) is 0 Å². The average molecular weight is 250 g/mol. The normalized spacial score (nSPS) is 21.1. The van der Waals surface area contributed by atoms with Crippen molar-refractivity contribution in [3.63, 3.8) is 0 Å². The van der Waals surface area contributed by atoms with Crippen molar-refractivity contribution in [3.05, 3.63) is 34.1 Å². The first-order valence-corrected chi connectivity index (χ1v) is 6.29. The van der Waals surface area contributed by atoms with Crippen molar-refractivity contribution in [2.75, 3.05) is 18.0 Å². The van der Waals surface area contributed by atoms with Crippen LogP contribution in [0.5, 0.6) is 0 Å². The molecule has 96 valence electrons. The summed E-state index contributed by atoms with van der Waals surface area (Å²) in [4.78, 5) is 12.6. The number of rotatable bonds is 2. The molecule has 1 spiro atoms. The lowest BCUT2D eigenvalue weighted by atomic mass is 9.94. The van der Waals surface area contributed by atoms with E-state index in [4.69, 9.17) is 0 Å². The van der Waals surface area contributed by atoms with Gasteiger partial charge in [0, 0.05) is 13.1 Å². The van der Waals surface area contributed by atoms with Crippen LogP contribution in [0, 0.1) is 21.3 Å².